The Labute approximate surface area is 337 Å². The van der Waals surface area contributed by atoms with E-state index in [4.69, 9.17) is 4.42 Å². The Hall–Kier alpha value is -7.26. The zero-order chi connectivity index (χ0) is 37.9. The highest BCUT2D eigenvalue weighted by atomic mass is 32.1. The molecular weight excluding hydrogens is 721 g/mol. The molecule has 13 rings (SSSR count). The van der Waals surface area contributed by atoms with Crippen molar-refractivity contribution in [3.8, 4) is 33.4 Å². The Morgan fingerprint density at radius 3 is 1.57 bits per heavy atom. The highest BCUT2D eigenvalue weighted by Crippen LogP contribution is 2.48. The van der Waals surface area contributed by atoms with E-state index in [1.54, 1.807) is 0 Å². The van der Waals surface area contributed by atoms with Crippen molar-refractivity contribution in [2.75, 3.05) is 0 Å². The molecule has 0 fully saturated rings. The van der Waals surface area contributed by atoms with E-state index in [2.05, 4.69) is 182 Å². The van der Waals surface area contributed by atoms with Crippen molar-refractivity contribution in [3.63, 3.8) is 0 Å². The van der Waals surface area contributed by atoms with Gasteiger partial charge >= 0.3 is 0 Å². The summed E-state index contributed by atoms with van der Waals surface area (Å²) in [4.78, 5) is 0. The monoisotopic (exact) mass is 752 g/mol. The van der Waals surface area contributed by atoms with Crippen LogP contribution in [-0.4, -0.2) is 0 Å². The van der Waals surface area contributed by atoms with Crippen molar-refractivity contribution in [3.05, 3.63) is 194 Å². The highest BCUT2D eigenvalue weighted by molar-refractivity contribution is 7.27. The van der Waals surface area contributed by atoms with Gasteiger partial charge in [-0.25, -0.2) is 0 Å². The van der Waals surface area contributed by atoms with Gasteiger partial charge in [-0.2, -0.15) is 0 Å². The molecule has 0 saturated heterocycles. The molecule has 0 aliphatic carbocycles. The molecule has 1 nitrogen and oxygen atoms in total. The van der Waals surface area contributed by atoms with Gasteiger partial charge < -0.3 is 4.42 Å². The molecule has 0 spiro atoms. The van der Waals surface area contributed by atoms with Crippen molar-refractivity contribution >= 4 is 107 Å². The molecule has 13 aromatic rings. The van der Waals surface area contributed by atoms with Gasteiger partial charge in [0.15, 0.2) is 0 Å². The number of hydrogen-bond acceptors (Lipinski definition) is 2. The van der Waals surface area contributed by atoms with Crippen LogP contribution < -0.4 is 0 Å². The van der Waals surface area contributed by atoms with Crippen molar-refractivity contribution in [1.82, 2.24) is 0 Å². The number of furan rings is 1. The van der Waals surface area contributed by atoms with Crippen LogP contribution in [-0.2, 0) is 0 Å². The van der Waals surface area contributed by atoms with Gasteiger partial charge in [-0.1, -0.05) is 164 Å². The van der Waals surface area contributed by atoms with Crippen LogP contribution >= 0.6 is 11.3 Å². The lowest BCUT2D eigenvalue weighted by Gasteiger charge is -2.18. The lowest BCUT2D eigenvalue weighted by atomic mass is 9.85. The Morgan fingerprint density at radius 2 is 0.828 bits per heavy atom. The van der Waals surface area contributed by atoms with E-state index in [0.29, 0.717) is 0 Å². The van der Waals surface area contributed by atoms with Gasteiger partial charge in [0.05, 0.1) is 0 Å². The van der Waals surface area contributed by atoms with E-state index in [-0.39, 0.29) is 0 Å². The maximum Gasteiger partial charge on any atom is 0.136 e. The lowest BCUT2D eigenvalue weighted by molar-refractivity contribution is 0.669. The molecule has 0 saturated carbocycles. The second-order valence-electron chi connectivity index (χ2n) is 15.5. The Morgan fingerprint density at radius 1 is 0.293 bits per heavy atom. The predicted octanol–water partition coefficient (Wildman–Crippen LogP) is 16.7. The van der Waals surface area contributed by atoms with E-state index < -0.39 is 0 Å². The fourth-order valence-electron chi connectivity index (χ4n) is 9.86. The lowest BCUT2D eigenvalue weighted by Crippen LogP contribution is -1.91. The number of hydrogen-bond donors (Lipinski definition) is 0. The number of rotatable bonds is 3. The molecule has 0 aliphatic heterocycles. The Kier molecular flexibility index (Phi) is 6.66. The fourth-order valence-corrected chi connectivity index (χ4v) is 11.1. The Bertz CT molecular complexity index is 3790. The Balaban J connectivity index is 0.968. The maximum absolute atomic E-state index is 6.37. The van der Waals surface area contributed by atoms with Gasteiger partial charge in [0, 0.05) is 36.3 Å². The molecule has 11 aromatic carbocycles. The first kappa shape index (κ1) is 31.9. The standard InChI is InChI=1S/C56H32OS/c1-2-12-38-34(11-1)27-30-51-54(38)55-42-15-4-3-13-39(42)48-31-36(25-29-47(48)56(55)58-51)33-21-23-35(24-22-33)52-43-16-5-7-18-45(43)53(46-19-8-6-17-44(46)52)37-26-28-41-40-14-9-10-20-49(40)57-50(41)32-37/h1-32H. The molecule has 0 atom stereocenters. The summed E-state index contributed by atoms with van der Waals surface area (Å²) in [5, 5.41) is 17.8. The molecule has 58 heavy (non-hydrogen) atoms. The van der Waals surface area contributed by atoms with Crippen molar-refractivity contribution < 1.29 is 4.42 Å². The van der Waals surface area contributed by atoms with Crippen LogP contribution in [0.4, 0.5) is 0 Å². The van der Waals surface area contributed by atoms with Crippen LogP contribution in [0.3, 0.4) is 0 Å². The molecule has 268 valence electrons. The van der Waals surface area contributed by atoms with Crippen molar-refractivity contribution in [2.45, 2.75) is 0 Å². The van der Waals surface area contributed by atoms with Crippen LogP contribution in [0.25, 0.3) is 129 Å². The third kappa shape index (κ3) is 4.52. The van der Waals surface area contributed by atoms with Crippen LogP contribution in [0.1, 0.15) is 0 Å². The topological polar surface area (TPSA) is 13.1 Å². The summed E-state index contributed by atoms with van der Waals surface area (Å²) in [5.74, 6) is 0. The second-order valence-corrected chi connectivity index (χ2v) is 16.6. The largest absolute Gasteiger partial charge is 0.456 e. The van der Waals surface area contributed by atoms with Crippen LogP contribution in [0.5, 0.6) is 0 Å². The summed E-state index contributed by atoms with van der Waals surface area (Å²) in [6.45, 7) is 0. The summed E-state index contributed by atoms with van der Waals surface area (Å²) in [5.41, 5.74) is 9.13. The maximum atomic E-state index is 6.37. The minimum Gasteiger partial charge on any atom is -0.456 e. The molecule has 0 unspecified atom stereocenters. The summed E-state index contributed by atoms with van der Waals surface area (Å²) in [6.07, 6.45) is 0. The molecule has 2 heteroatoms. The predicted molar refractivity (Wildman–Crippen MR) is 250 cm³/mol. The number of fused-ring (bicyclic) bond motifs is 15. The van der Waals surface area contributed by atoms with Crippen LogP contribution in [0.15, 0.2) is 199 Å². The number of thiophene rings is 1. The third-order valence-corrected chi connectivity index (χ3v) is 13.6. The van der Waals surface area contributed by atoms with Gasteiger partial charge in [0.1, 0.15) is 11.2 Å². The van der Waals surface area contributed by atoms with E-state index in [9.17, 15) is 0 Å². The molecule has 2 heterocycles. The molecule has 2 aromatic heterocycles. The zero-order valence-electron chi connectivity index (χ0n) is 31.3. The minimum absolute atomic E-state index is 0.912. The minimum atomic E-state index is 0.912. The molecule has 0 N–H and O–H groups in total. The fraction of sp³-hybridized carbons (Fsp3) is 0. The average Bonchev–Trinajstić information content (AvgIpc) is 3.87. The quantitative estimate of drug-likeness (QED) is 0.129. The summed E-state index contributed by atoms with van der Waals surface area (Å²) in [6, 6.07) is 71.4. The van der Waals surface area contributed by atoms with Gasteiger partial charge in [0.2, 0.25) is 0 Å². The summed E-state index contributed by atoms with van der Waals surface area (Å²) in [7, 11) is 0. The van der Waals surface area contributed by atoms with Crippen LogP contribution in [0.2, 0.25) is 0 Å². The van der Waals surface area contributed by atoms with Crippen LogP contribution in [0, 0.1) is 0 Å². The molecule has 0 amide bonds. The highest BCUT2D eigenvalue weighted by Gasteiger charge is 2.19. The number of benzene rings is 11. The first-order chi connectivity index (χ1) is 28.8. The van der Waals surface area contributed by atoms with Gasteiger partial charge in [-0.3, -0.25) is 0 Å². The van der Waals surface area contributed by atoms with E-state index in [0.717, 1.165) is 27.5 Å². The third-order valence-electron chi connectivity index (χ3n) is 12.4. The van der Waals surface area contributed by atoms with E-state index in [1.807, 2.05) is 23.5 Å². The van der Waals surface area contributed by atoms with E-state index in [1.165, 1.54) is 102 Å². The second kappa shape index (κ2) is 12.1. The SMILES string of the molecule is c1ccc2c(c1)ccc1sc3c4ccc(-c5ccc(-c6c7ccccc7c(-c7ccc8c(c7)oc7ccccc78)c7ccccc67)cc5)cc4c4ccccc4c3c12. The normalized spacial score (nSPS) is 12.1. The van der Waals surface area contributed by atoms with E-state index >= 15 is 0 Å². The zero-order valence-corrected chi connectivity index (χ0v) is 32.1. The van der Waals surface area contributed by atoms with Crippen molar-refractivity contribution in [1.29, 1.82) is 0 Å². The molecule has 0 radical (unpaired) electrons. The average molecular weight is 753 g/mol. The van der Waals surface area contributed by atoms with Gasteiger partial charge in [-0.15, -0.1) is 11.3 Å². The molecule has 0 bridgehead atoms. The molecular formula is C56H32OS. The van der Waals surface area contributed by atoms with Gasteiger partial charge in [0.25, 0.3) is 0 Å². The number of para-hydroxylation sites is 1. The molecule has 0 aliphatic rings. The van der Waals surface area contributed by atoms with Gasteiger partial charge in [-0.05, 0) is 112 Å². The first-order valence-corrected chi connectivity index (χ1v) is 20.7. The summed E-state index contributed by atoms with van der Waals surface area (Å²) >= 11 is 1.92. The summed E-state index contributed by atoms with van der Waals surface area (Å²) < 4.78 is 9.07. The van der Waals surface area contributed by atoms with Crippen molar-refractivity contribution in [2.24, 2.45) is 0 Å². The smallest absolute Gasteiger partial charge is 0.136 e. The first-order valence-electron chi connectivity index (χ1n) is 19.9.